The van der Waals surface area contributed by atoms with Crippen molar-refractivity contribution < 1.29 is 0 Å². The molecule has 1 unspecified atom stereocenters. The lowest BCUT2D eigenvalue weighted by Gasteiger charge is -2.12. The SMILES string of the molecule is CCc1cc(C(CC)NN)n(C)n1. The highest BCUT2D eigenvalue weighted by Crippen LogP contribution is 2.16. The molecule has 0 aromatic carbocycles. The van der Waals surface area contributed by atoms with Gasteiger partial charge in [0.15, 0.2) is 0 Å². The van der Waals surface area contributed by atoms with Gasteiger partial charge in [-0.3, -0.25) is 16.0 Å². The summed E-state index contributed by atoms with van der Waals surface area (Å²) in [5.41, 5.74) is 5.06. The molecule has 0 bridgehead atoms. The number of hydrogen-bond acceptors (Lipinski definition) is 3. The fraction of sp³-hybridized carbons (Fsp3) is 0.667. The van der Waals surface area contributed by atoms with E-state index in [1.165, 1.54) is 0 Å². The Bertz CT molecular complexity index is 263. The molecule has 0 aliphatic carbocycles. The van der Waals surface area contributed by atoms with Gasteiger partial charge in [-0.2, -0.15) is 5.10 Å². The van der Waals surface area contributed by atoms with Gasteiger partial charge in [0.25, 0.3) is 0 Å². The molecule has 0 saturated carbocycles. The summed E-state index contributed by atoms with van der Waals surface area (Å²) >= 11 is 0. The van der Waals surface area contributed by atoms with Crippen LogP contribution in [-0.4, -0.2) is 9.78 Å². The van der Waals surface area contributed by atoms with Crippen LogP contribution in [-0.2, 0) is 13.5 Å². The third-order valence-corrected chi connectivity index (χ3v) is 2.30. The lowest BCUT2D eigenvalue weighted by Crippen LogP contribution is -2.28. The summed E-state index contributed by atoms with van der Waals surface area (Å²) in [6, 6.07) is 2.31. The van der Waals surface area contributed by atoms with Gasteiger partial charge in [-0.15, -0.1) is 0 Å². The van der Waals surface area contributed by atoms with E-state index in [9.17, 15) is 0 Å². The largest absolute Gasteiger partial charge is 0.271 e. The van der Waals surface area contributed by atoms with E-state index < -0.39 is 0 Å². The molecule has 0 fully saturated rings. The van der Waals surface area contributed by atoms with E-state index >= 15 is 0 Å². The molecule has 1 rings (SSSR count). The lowest BCUT2D eigenvalue weighted by atomic mass is 10.1. The quantitative estimate of drug-likeness (QED) is 0.537. The fourth-order valence-electron chi connectivity index (χ4n) is 1.45. The molecule has 0 amide bonds. The highest BCUT2D eigenvalue weighted by molar-refractivity contribution is 5.13. The van der Waals surface area contributed by atoms with Gasteiger partial charge in [-0.1, -0.05) is 13.8 Å². The number of nitrogens with one attached hydrogen (secondary N) is 1. The number of hydrazine groups is 1. The predicted octanol–water partition coefficient (Wildman–Crippen LogP) is 0.897. The van der Waals surface area contributed by atoms with Crippen molar-refractivity contribution in [3.8, 4) is 0 Å². The summed E-state index contributed by atoms with van der Waals surface area (Å²) in [6.07, 6.45) is 1.94. The summed E-state index contributed by atoms with van der Waals surface area (Å²) in [5, 5.41) is 4.37. The van der Waals surface area contributed by atoms with E-state index in [0.29, 0.717) is 0 Å². The zero-order valence-corrected chi connectivity index (χ0v) is 8.54. The normalized spacial score (nSPS) is 13.2. The summed E-state index contributed by atoms with van der Waals surface area (Å²) in [6.45, 7) is 4.20. The molecular weight excluding hydrogens is 164 g/mol. The topological polar surface area (TPSA) is 55.9 Å². The van der Waals surface area contributed by atoms with E-state index in [1.54, 1.807) is 0 Å². The first-order valence-electron chi connectivity index (χ1n) is 4.71. The number of aromatic nitrogens is 2. The minimum atomic E-state index is 0.206. The van der Waals surface area contributed by atoms with Crippen molar-refractivity contribution in [2.24, 2.45) is 12.9 Å². The summed E-state index contributed by atoms with van der Waals surface area (Å²) < 4.78 is 1.90. The van der Waals surface area contributed by atoms with Crippen LogP contribution in [0.1, 0.15) is 37.7 Å². The van der Waals surface area contributed by atoms with Gasteiger partial charge in [-0.25, -0.2) is 0 Å². The molecule has 1 atom stereocenters. The van der Waals surface area contributed by atoms with Crippen molar-refractivity contribution in [2.45, 2.75) is 32.7 Å². The summed E-state index contributed by atoms with van der Waals surface area (Å²) in [7, 11) is 1.95. The van der Waals surface area contributed by atoms with Crippen LogP contribution in [0.2, 0.25) is 0 Å². The minimum absolute atomic E-state index is 0.206. The number of rotatable bonds is 4. The Morgan fingerprint density at radius 3 is 2.69 bits per heavy atom. The fourth-order valence-corrected chi connectivity index (χ4v) is 1.45. The molecule has 4 heteroatoms. The highest BCUT2D eigenvalue weighted by atomic mass is 15.3. The maximum Gasteiger partial charge on any atom is 0.0626 e. The molecule has 0 aliphatic heterocycles. The van der Waals surface area contributed by atoms with Crippen molar-refractivity contribution in [1.82, 2.24) is 15.2 Å². The number of nitrogens with zero attached hydrogens (tertiary/aromatic N) is 2. The van der Waals surface area contributed by atoms with E-state index in [0.717, 1.165) is 24.2 Å². The van der Waals surface area contributed by atoms with Crippen molar-refractivity contribution >= 4 is 0 Å². The molecule has 74 valence electrons. The van der Waals surface area contributed by atoms with E-state index in [4.69, 9.17) is 5.84 Å². The number of nitrogens with two attached hydrogens (primary N) is 1. The summed E-state index contributed by atoms with van der Waals surface area (Å²) in [4.78, 5) is 0. The van der Waals surface area contributed by atoms with Gasteiger partial charge in [0.1, 0.15) is 0 Å². The molecule has 3 N–H and O–H groups in total. The predicted molar refractivity (Wildman–Crippen MR) is 52.9 cm³/mol. The molecule has 1 heterocycles. The van der Waals surface area contributed by atoms with Crippen LogP contribution in [0, 0.1) is 0 Å². The van der Waals surface area contributed by atoms with Crippen LogP contribution in [0.15, 0.2) is 6.07 Å². The standard InChI is InChI=1S/C9H18N4/c1-4-7-6-9(13(3)12-7)8(5-2)11-10/h6,8,11H,4-5,10H2,1-3H3. The van der Waals surface area contributed by atoms with Crippen LogP contribution >= 0.6 is 0 Å². The first-order valence-corrected chi connectivity index (χ1v) is 4.71. The van der Waals surface area contributed by atoms with Crippen LogP contribution < -0.4 is 11.3 Å². The van der Waals surface area contributed by atoms with Gasteiger partial charge in [-0.05, 0) is 18.9 Å². The maximum absolute atomic E-state index is 5.44. The van der Waals surface area contributed by atoms with Crippen LogP contribution in [0.25, 0.3) is 0 Å². The van der Waals surface area contributed by atoms with Crippen molar-refractivity contribution in [2.75, 3.05) is 0 Å². The average molecular weight is 182 g/mol. The third kappa shape index (κ3) is 2.08. The molecule has 4 nitrogen and oxygen atoms in total. The Hall–Kier alpha value is -0.870. The van der Waals surface area contributed by atoms with E-state index in [1.807, 2.05) is 11.7 Å². The van der Waals surface area contributed by atoms with Crippen LogP contribution in [0.3, 0.4) is 0 Å². The van der Waals surface area contributed by atoms with Crippen LogP contribution in [0.4, 0.5) is 0 Å². The second kappa shape index (κ2) is 4.39. The third-order valence-electron chi connectivity index (χ3n) is 2.30. The number of aryl methyl sites for hydroxylation is 2. The van der Waals surface area contributed by atoms with Gasteiger partial charge in [0, 0.05) is 7.05 Å². The van der Waals surface area contributed by atoms with E-state index in [-0.39, 0.29) is 6.04 Å². The van der Waals surface area contributed by atoms with E-state index in [2.05, 4.69) is 30.4 Å². The maximum atomic E-state index is 5.44. The smallest absolute Gasteiger partial charge is 0.0626 e. The van der Waals surface area contributed by atoms with Crippen molar-refractivity contribution in [3.63, 3.8) is 0 Å². The molecule has 0 spiro atoms. The average Bonchev–Trinajstić information content (AvgIpc) is 2.50. The first-order chi connectivity index (χ1) is 6.22. The van der Waals surface area contributed by atoms with Crippen molar-refractivity contribution in [3.05, 3.63) is 17.5 Å². The van der Waals surface area contributed by atoms with Gasteiger partial charge < -0.3 is 0 Å². The van der Waals surface area contributed by atoms with Gasteiger partial charge in [0.05, 0.1) is 17.4 Å². The molecule has 0 saturated heterocycles. The first kappa shape index (κ1) is 10.2. The second-order valence-electron chi connectivity index (χ2n) is 3.17. The molecule has 0 aliphatic rings. The monoisotopic (exact) mass is 182 g/mol. The zero-order valence-electron chi connectivity index (χ0n) is 8.54. The highest BCUT2D eigenvalue weighted by Gasteiger charge is 2.12. The Kier molecular flexibility index (Phi) is 3.45. The summed E-state index contributed by atoms with van der Waals surface area (Å²) in [5.74, 6) is 5.44. The molecule has 13 heavy (non-hydrogen) atoms. The molecule has 0 radical (unpaired) electrons. The van der Waals surface area contributed by atoms with Crippen LogP contribution in [0.5, 0.6) is 0 Å². The number of hydrogen-bond donors (Lipinski definition) is 2. The minimum Gasteiger partial charge on any atom is -0.271 e. The molecule has 1 aromatic rings. The Morgan fingerprint density at radius 2 is 2.31 bits per heavy atom. The zero-order chi connectivity index (χ0) is 9.84. The molecular formula is C9H18N4. The Labute approximate surface area is 79.1 Å². The Balaban J connectivity index is 2.91. The van der Waals surface area contributed by atoms with Crippen molar-refractivity contribution in [1.29, 1.82) is 0 Å². The van der Waals surface area contributed by atoms with Gasteiger partial charge >= 0.3 is 0 Å². The Morgan fingerprint density at radius 1 is 1.62 bits per heavy atom. The lowest BCUT2D eigenvalue weighted by molar-refractivity contribution is 0.498. The van der Waals surface area contributed by atoms with Gasteiger partial charge in [0.2, 0.25) is 0 Å². The second-order valence-corrected chi connectivity index (χ2v) is 3.17. The molecule has 1 aromatic heterocycles.